The summed E-state index contributed by atoms with van der Waals surface area (Å²) in [4.78, 5) is 16.5. The predicted octanol–water partition coefficient (Wildman–Crippen LogP) is 4.91. The topological polar surface area (TPSA) is 60.5 Å². The number of carbonyl (C=O) groups is 1. The lowest BCUT2D eigenvalue weighted by atomic mass is 10.1. The Kier molecular flexibility index (Phi) is 5.88. The third-order valence-electron chi connectivity index (χ3n) is 3.85. The van der Waals surface area contributed by atoms with Crippen LogP contribution >= 0.6 is 11.3 Å². The summed E-state index contributed by atoms with van der Waals surface area (Å²) < 4.78 is 11.6. The summed E-state index contributed by atoms with van der Waals surface area (Å²) >= 11 is 1.45. The maximum atomic E-state index is 12.2. The first-order valence-corrected chi connectivity index (χ1v) is 9.15. The van der Waals surface area contributed by atoms with Gasteiger partial charge in [0, 0.05) is 17.7 Å². The van der Waals surface area contributed by atoms with Crippen LogP contribution < -0.4 is 14.8 Å². The molecule has 1 amide bonds. The van der Waals surface area contributed by atoms with Gasteiger partial charge >= 0.3 is 0 Å². The fraction of sp³-hybridized carbons (Fsp3) is 0.143. The molecule has 138 valence electrons. The highest BCUT2D eigenvalue weighted by Gasteiger charge is 2.05. The average Bonchev–Trinajstić information content (AvgIpc) is 3.08. The predicted molar refractivity (Wildman–Crippen MR) is 111 cm³/mol. The first kappa shape index (κ1) is 18.7. The summed E-state index contributed by atoms with van der Waals surface area (Å²) in [6.07, 6.45) is 5.19. The average molecular weight is 380 g/mol. The zero-order valence-corrected chi connectivity index (χ0v) is 16.2. The van der Waals surface area contributed by atoms with E-state index in [2.05, 4.69) is 10.3 Å². The Morgan fingerprint density at radius 3 is 2.67 bits per heavy atom. The van der Waals surface area contributed by atoms with Crippen molar-refractivity contribution in [3.8, 4) is 11.5 Å². The van der Waals surface area contributed by atoms with E-state index < -0.39 is 0 Å². The van der Waals surface area contributed by atoms with E-state index >= 15 is 0 Å². The molecule has 1 aromatic heterocycles. The molecule has 0 atom stereocenters. The van der Waals surface area contributed by atoms with Crippen molar-refractivity contribution in [3.05, 3.63) is 65.8 Å². The van der Waals surface area contributed by atoms with Gasteiger partial charge in [-0.1, -0.05) is 35.1 Å². The molecule has 0 unspecified atom stereocenters. The molecule has 0 fully saturated rings. The van der Waals surface area contributed by atoms with E-state index in [1.807, 2.05) is 55.5 Å². The minimum absolute atomic E-state index is 0.219. The van der Waals surface area contributed by atoms with Gasteiger partial charge < -0.3 is 9.47 Å². The van der Waals surface area contributed by atoms with Gasteiger partial charge in [0.05, 0.1) is 24.4 Å². The van der Waals surface area contributed by atoms with Crippen LogP contribution in [-0.2, 0) is 4.79 Å². The number of hydrogen-bond acceptors (Lipinski definition) is 5. The largest absolute Gasteiger partial charge is 0.497 e. The number of aromatic nitrogens is 1. The molecule has 0 aliphatic carbocycles. The molecule has 3 aromatic rings. The molecule has 1 heterocycles. The molecule has 0 saturated heterocycles. The van der Waals surface area contributed by atoms with Crippen LogP contribution in [0.15, 0.2) is 60.2 Å². The quantitative estimate of drug-likeness (QED) is 0.487. The number of rotatable bonds is 6. The lowest BCUT2D eigenvalue weighted by Crippen LogP contribution is -2.07. The second-order valence-electron chi connectivity index (χ2n) is 5.81. The summed E-state index contributed by atoms with van der Waals surface area (Å²) in [7, 11) is 3.23. The molecule has 27 heavy (non-hydrogen) atoms. The highest BCUT2D eigenvalue weighted by molar-refractivity contribution is 7.22. The van der Waals surface area contributed by atoms with Crippen molar-refractivity contribution in [1.82, 2.24) is 4.98 Å². The lowest BCUT2D eigenvalue weighted by molar-refractivity contribution is -0.111. The molecule has 0 aliphatic rings. The highest BCUT2D eigenvalue weighted by atomic mass is 32.1. The van der Waals surface area contributed by atoms with Gasteiger partial charge in [-0.05, 0) is 37.3 Å². The SMILES string of the molecule is COc1ccc(/C=C(C)/C=C/C(=O)Nc2nc3ccccc3s2)c(OC)c1. The molecule has 0 radical (unpaired) electrons. The molecule has 0 bridgehead atoms. The first-order valence-electron chi connectivity index (χ1n) is 8.34. The number of fused-ring (bicyclic) bond motifs is 1. The van der Waals surface area contributed by atoms with Crippen molar-refractivity contribution in [2.45, 2.75) is 6.92 Å². The van der Waals surface area contributed by atoms with E-state index in [9.17, 15) is 4.79 Å². The van der Waals surface area contributed by atoms with Gasteiger partial charge in [-0.3, -0.25) is 10.1 Å². The van der Waals surface area contributed by atoms with Crippen LogP contribution in [0.25, 0.3) is 16.3 Å². The smallest absolute Gasteiger partial charge is 0.250 e. The van der Waals surface area contributed by atoms with E-state index in [0.29, 0.717) is 10.9 Å². The minimum atomic E-state index is -0.219. The Labute approximate surface area is 162 Å². The van der Waals surface area contributed by atoms with E-state index in [0.717, 1.165) is 27.1 Å². The number of methoxy groups -OCH3 is 2. The molecule has 0 saturated carbocycles. The normalized spacial score (nSPS) is 11.7. The van der Waals surface area contributed by atoms with Crippen LogP contribution in [0.3, 0.4) is 0 Å². The monoisotopic (exact) mass is 380 g/mol. The maximum Gasteiger partial charge on any atom is 0.250 e. The summed E-state index contributed by atoms with van der Waals surface area (Å²) in [5, 5.41) is 3.39. The molecule has 0 aliphatic heterocycles. The molecular weight excluding hydrogens is 360 g/mol. The molecule has 1 N–H and O–H groups in total. The number of nitrogens with one attached hydrogen (secondary N) is 1. The molecular formula is C21H20N2O3S. The van der Waals surface area contributed by atoms with Gasteiger partial charge in [0.15, 0.2) is 5.13 Å². The summed E-state index contributed by atoms with van der Waals surface area (Å²) in [5.41, 5.74) is 2.70. The van der Waals surface area contributed by atoms with Crippen molar-refractivity contribution in [1.29, 1.82) is 0 Å². The van der Waals surface area contributed by atoms with Crippen molar-refractivity contribution >= 4 is 38.7 Å². The second kappa shape index (κ2) is 8.51. The molecule has 2 aromatic carbocycles. The Balaban J connectivity index is 1.69. The van der Waals surface area contributed by atoms with Crippen molar-refractivity contribution < 1.29 is 14.3 Å². The highest BCUT2D eigenvalue weighted by Crippen LogP contribution is 2.27. The zero-order chi connectivity index (χ0) is 19.2. The zero-order valence-electron chi connectivity index (χ0n) is 15.4. The van der Waals surface area contributed by atoms with E-state index in [1.54, 1.807) is 20.3 Å². The summed E-state index contributed by atoms with van der Waals surface area (Å²) in [6, 6.07) is 13.4. The fourth-order valence-corrected chi connectivity index (χ4v) is 3.38. The molecule has 3 rings (SSSR count). The number of carbonyl (C=O) groups excluding carboxylic acids is 1. The van der Waals surface area contributed by atoms with Gasteiger partial charge in [0.25, 0.3) is 0 Å². The van der Waals surface area contributed by atoms with Crippen molar-refractivity contribution in [2.75, 3.05) is 19.5 Å². The first-order chi connectivity index (χ1) is 13.1. The number of para-hydroxylation sites is 1. The van der Waals surface area contributed by atoms with E-state index in [1.165, 1.54) is 17.4 Å². The standard InChI is InChI=1S/C21H20N2O3S/c1-14(12-15-9-10-16(25-2)13-18(15)26-3)8-11-20(24)23-21-22-17-6-4-5-7-19(17)27-21/h4-13H,1-3H3,(H,22,23,24)/b11-8+,14-12+. The number of nitrogens with zero attached hydrogens (tertiary/aromatic N) is 1. The van der Waals surface area contributed by atoms with Crippen LogP contribution in [-0.4, -0.2) is 25.1 Å². The number of ether oxygens (including phenoxy) is 2. The van der Waals surface area contributed by atoms with Gasteiger partial charge in [-0.15, -0.1) is 0 Å². The van der Waals surface area contributed by atoms with Crippen molar-refractivity contribution in [3.63, 3.8) is 0 Å². The van der Waals surface area contributed by atoms with Crippen LogP contribution in [0.2, 0.25) is 0 Å². The van der Waals surface area contributed by atoms with E-state index in [-0.39, 0.29) is 5.91 Å². The number of thiazole rings is 1. The number of amides is 1. The Hall–Kier alpha value is -3.12. The minimum Gasteiger partial charge on any atom is -0.497 e. The Morgan fingerprint density at radius 1 is 1.11 bits per heavy atom. The van der Waals surface area contributed by atoms with Crippen LogP contribution in [0.5, 0.6) is 11.5 Å². The van der Waals surface area contributed by atoms with Crippen LogP contribution in [0.4, 0.5) is 5.13 Å². The van der Waals surface area contributed by atoms with E-state index in [4.69, 9.17) is 9.47 Å². The summed E-state index contributed by atoms with van der Waals surface area (Å²) in [6.45, 7) is 1.92. The van der Waals surface area contributed by atoms with Gasteiger partial charge in [-0.25, -0.2) is 4.98 Å². The molecule has 6 heteroatoms. The number of allylic oxidation sites excluding steroid dienone is 2. The second-order valence-corrected chi connectivity index (χ2v) is 6.84. The van der Waals surface area contributed by atoms with Crippen LogP contribution in [0, 0.1) is 0 Å². The summed E-state index contributed by atoms with van der Waals surface area (Å²) in [5.74, 6) is 1.22. The van der Waals surface area contributed by atoms with Crippen LogP contribution in [0.1, 0.15) is 12.5 Å². The lowest BCUT2D eigenvalue weighted by Gasteiger charge is -2.07. The number of anilines is 1. The van der Waals surface area contributed by atoms with Gasteiger partial charge in [0.2, 0.25) is 5.91 Å². The Morgan fingerprint density at radius 2 is 1.93 bits per heavy atom. The third kappa shape index (κ3) is 4.74. The van der Waals surface area contributed by atoms with Crippen molar-refractivity contribution in [2.24, 2.45) is 0 Å². The Bertz CT molecular complexity index is 988. The number of hydrogen-bond donors (Lipinski definition) is 1. The van der Waals surface area contributed by atoms with Gasteiger partial charge in [0.1, 0.15) is 11.5 Å². The molecule has 5 nitrogen and oxygen atoms in total. The molecule has 0 spiro atoms. The van der Waals surface area contributed by atoms with Gasteiger partial charge in [-0.2, -0.15) is 0 Å². The number of benzene rings is 2. The fourth-order valence-electron chi connectivity index (χ4n) is 2.51. The maximum absolute atomic E-state index is 12.2. The third-order valence-corrected chi connectivity index (χ3v) is 4.80.